The van der Waals surface area contributed by atoms with Crippen molar-refractivity contribution in [3.8, 4) is 0 Å². The molecule has 1 atom stereocenters. The van der Waals surface area contributed by atoms with Crippen LogP contribution >= 0.6 is 0 Å². The van der Waals surface area contributed by atoms with E-state index >= 15 is 0 Å². The molecule has 0 radical (unpaired) electrons. The van der Waals surface area contributed by atoms with E-state index in [1.807, 2.05) is 36.9 Å². The number of nitrogens with zero attached hydrogens (tertiary/aromatic N) is 3. The number of hydrogen-bond donors (Lipinski definition) is 2. The van der Waals surface area contributed by atoms with Crippen molar-refractivity contribution in [2.45, 2.75) is 33.2 Å². The number of ether oxygens (including phenoxy) is 1. The lowest BCUT2D eigenvalue weighted by Gasteiger charge is -2.38. The summed E-state index contributed by atoms with van der Waals surface area (Å²) in [5, 5.41) is 5.60. The van der Waals surface area contributed by atoms with Crippen LogP contribution in [0.15, 0.2) is 18.2 Å². The second-order valence-corrected chi connectivity index (χ2v) is 8.48. The number of anilines is 1. The summed E-state index contributed by atoms with van der Waals surface area (Å²) in [6.45, 7) is 8.89. The first-order valence-electron chi connectivity index (χ1n) is 11.4. The molecule has 1 aromatic rings. The summed E-state index contributed by atoms with van der Waals surface area (Å²) in [7, 11) is 0. The monoisotopic (exact) mass is 459 g/mol. The first-order valence-corrected chi connectivity index (χ1v) is 11.4. The van der Waals surface area contributed by atoms with E-state index in [1.165, 1.54) is 4.90 Å². The van der Waals surface area contributed by atoms with Gasteiger partial charge in [0, 0.05) is 45.0 Å². The van der Waals surface area contributed by atoms with Crippen molar-refractivity contribution < 1.29 is 23.9 Å². The van der Waals surface area contributed by atoms with E-state index in [1.54, 1.807) is 11.8 Å². The van der Waals surface area contributed by atoms with Crippen molar-refractivity contribution in [1.29, 1.82) is 0 Å². The lowest BCUT2D eigenvalue weighted by molar-refractivity contribution is -0.145. The number of hydrogen-bond acceptors (Lipinski definition) is 6. The van der Waals surface area contributed by atoms with Crippen molar-refractivity contribution in [2.75, 3.05) is 57.7 Å². The van der Waals surface area contributed by atoms with E-state index in [0.717, 1.165) is 11.1 Å². The Hall–Kier alpha value is -3.14. The Balaban J connectivity index is 1.57. The highest BCUT2D eigenvalue weighted by Crippen LogP contribution is 2.16. The number of carbonyl (C=O) groups is 4. The van der Waals surface area contributed by atoms with Gasteiger partial charge in [0.05, 0.1) is 19.6 Å². The summed E-state index contributed by atoms with van der Waals surface area (Å²) in [6.07, 6.45) is -0.452. The smallest absolute Gasteiger partial charge is 0.409 e. The zero-order chi connectivity index (χ0) is 24.0. The maximum Gasteiger partial charge on any atom is 0.409 e. The number of piperazine rings is 2. The lowest BCUT2D eigenvalue weighted by atomic mass is 10.1. The molecule has 3 rings (SSSR count). The van der Waals surface area contributed by atoms with Gasteiger partial charge in [-0.3, -0.25) is 19.3 Å². The molecule has 2 aliphatic rings. The minimum atomic E-state index is -0.849. The van der Waals surface area contributed by atoms with Gasteiger partial charge in [0.15, 0.2) is 0 Å². The van der Waals surface area contributed by atoms with Gasteiger partial charge in [0.1, 0.15) is 6.04 Å². The first-order chi connectivity index (χ1) is 15.8. The molecule has 0 spiro atoms. The minimum Gasteiger partial charge on any atom is -0.450 e. The summed E-state index contributed by atoms with van der Waals surface area (Å²) in [6, 6.07) is 4.89. The van der Waals surface area contributed by atoms with Gasteiger partial charge < -0.3 is 25.2 Å². The fraction of sp³-hybridized carbons (Fsp3) is 0.565. The zero-order valence-electron chi connectivity index (χ0n) is 19.6. The average molecular weight is 460 g/mol. The number of amides is 4. The number of nitrogens with one attached hydrogen (secondary N) is 2. The second-order valence-electron chi connectivity index (χ2n) is 8.48. The van der Waals surface area contributed by atoms with Gasteiger partial charge in [-0.1, -0.05) is 6.07 Å². The van der Waals surface area contributed by atoms with Crippen LogP contribution in [-0.2, 0) is 19.1 Å². The maximum absolute atomic E-state index is 13.0. The van der Waals surface area contributed by atoms with Crippen LogP contribution < -0.4 is 10.6 Å². The molecule has 0 aromatic heterocycles. The molecular formula is C23H33N5O5. The van der Waals surface area contributed by atoms with Crippen LogP contribution in [0.2, 0.25) is 0 Å². The van der Waals surface area contributed by atoms with E-state index in [0.29, 0.717) is 51.6 Å². The number of carbonyl (C=O) groups excluding carboxylic acids is 4. The molecular weight excluding hydrogens is 426 g/mol. The van der Waals surface area contributed by atoms with Crippen LogP contribution in [0, 0.1) is 13.8 Å². The second kappa shape index (κ2) is 11.1. The van der Waals surface area contributed by atoms with Gasteiger partial charge in [-0.05, 0) is 44.0 Å². The van der Waals surface area contributed by atoms with Crippen molar-refractivity contribution in [1.82, 2.24) is 20.0 Å². The van der Waals surface area contributed by atoms with Crippen LogP contribution in [0.3, 0.4) is 0 Å². The summed E-state index contributed by atoms with van der Waals surface area (Å²) < 4.78 is 5.02. The Morgan fingerprint density at radius 2 is 1.73 bits per heavy atom. The van der Waals surface area contributed by atoms with E-state index < -0.39 is 6.04 Å². The Bertz CT molecular complexity index is 877. The topological polar surface area (TPSA) is 111 Å². The van der Waals surface area contributed by atoms with Crippen LogP contribution in [0.25, 0.3) is 0 Å². The Morgan fingerprint density at radius 3 is 2.36 bits per heavy atom. The van der Waals surface area contributed by atoms with Crippen LogP contribution in [0.5, 0.6) is 0 Å². The molecule has 2 N–H and O–H groups in total. The normalized spacial score (nSPS) is 19.1. The molecule has 0 bridgehead atoms. The third-order valence-corrected chi connectivity index (χ3v) is 5.79. The average Bonchev–Trinajstić information content (AvgIpc) is 2.75. The highest BCUT2D eigenvalue weighted by molar-refractivity contribution is 5.97. The SMILES string of the molecule is CCOC(=O)N1CCN(CC(=O)N2CCNC(=O)C2CC(=O)Nc2cc(C)cc(C)c2)CC1. The number of aryl methyl sites for hydroxylation is 2. The van der Waals surface area contributed by atoms with Gasteiger partial charge in [-0.2, -0.15) is 0 Å². The van der Waals surface area contributed by atoms with Crippen LogP contribution in [-0.4, -0.2) is 97.0 Å². The van der Waals surface area contributed by atoms with Gasteiger partial charge >= 0.3 is 6.09 Å². The Morgan fingerprint density at radius 1 is 1.06 bits per heavy atom. The molecule has 1 unspecified atom stereocenters. The molecule has 33 heavy (non-hydrogen) atoms. The fourth-order valence-electron chi connectivity index (χ4n) is 4.24. The van der Waals surface area contributed by atoms with Crippen molar-refractivity contribution in [2.24, 2.45) is 0 Å². The standard InChI is InChI=1S/C23H33N5O5/c1-4-33-23(32)27-9-7-26(8-10-27)15-21(30)28-6-5-24-22(31)19(28)14-20(29)25-18-12-16(2)11-17(3)13-18/h11-13,19H,4-10,14-15H2,1-3H3,(H,24,31)(H,25,29). The minimum absolute atomic E-state index is 0.110. The lowest BCUT2D eigenvalue weighted by Crippen LogP contribution is -2.60. The molecule has 10 heteroatoms. The molecule has 2 fully saturated rings. The van der Waals surface area contributed by atoms with Crippen molar-refractivity contribution in [3.63, 3.8) is 0 Å². The molecule has 2 saturated heterocycles. The molecule has 2 aliphatic heterocycles. The molecule has 180 valence electrons. The first kappa shape index (κ1) is 24.5. The molecule has 10 nitrogen and oxygen atoms in total. The molecule has 4 amide bonds. The summed E-state index contributed by atoms with van der Waals surface area (Å²) in [5.41, 5.74) is 2.73. The molecule has 2 heterocycles. The number of benzene rings is 1. The van der Waals surface area contributed by atoms with Crippen LogP contribution in [0.1, 0.15) is 24.5 Å². The van der Waals surface area contributed by atoms with Gasteiger partial charge in [0.2, 0.25) is 17.7 Å². The molecule has 0 saturated carbocycles. The van der Waals surface area contributed by atoms with Crippen molar-refractivity contribution >= 4 is 29.5 Å². The summed E-state index contributed by atoms with van der Waals surface area (Å²) in [4.78, 5) is 55.2. The van der Waals surface area contributed by atoms with E-state index in [-0.39, 0.29) is 36.8 Å². The van der Waals surface area contributed by atoms with E-state index in [9.17, 15) is 19.2 Å². The van der Waals surface area contributed by atoms with Gasteiger partial charge in [0.25, 0.3) is 0 Å². The molecule has 1 aromatic carbocycles. The van der Waals surface area contributed by atoms with Gasteiger partial charge in [-0.15, -0.1) is 0 Å². The highest BCUT2D eigenvalue weighted by atomic mass is 16.6. The quantitative estimate of drug-likeness (QED) is 0.649. The van der Waals surface area contributed by atoms with E-state index in [4.69, 9.17) is 4.74 Å². The Labute approximate surface area is 194 Å². The third kappa shape index (κ3) is 6.67. The summed E-state index contributed by atoms with van der Waals surface area (Å²) in [5.74, 6) is -0.834. The van der Waals surface area contributed by atoms with Gasteiger partial charge in [-0.25, -0.2) is 4.79 Å². The third-order valence-electron chi connectivity index (χ3n) is 5.79. The predicted octanol–water partition coefficient (Wildman–Crippen LogP) is 0.733. The number of rotatable bonds is 6. The molecule has 0 aliphatic carbocycles. The predicted molar refractivity (Wildman–Crippen MR) is 123 cm³/mol. The Kier molecular flexibility index (Phi) is 8.26. The van der Waals surface area contributed by atoms with Crippen LogP contribution in [0.4, 0.5) is 10.5 Å². The highest BCUT2D eigenvalue weighted by Gasteiger charge is 2.35. The van der Waals surface area contributed by atoms with E-state index in [2.05, 4.69) is 10.6 Å². The largest absolute Gasteiger partial charge is 0.450 e. The zero-order valence-corrected chi connectivity index (χ0v) is 19.6. The summed E-state index contributed by atoms with van der Waals surface area (Å²) >= 11 is 0. The maximum atomic E-state index is 13.0. The van der Waals surface area contributed by atoms with Crippen molar-refractivity contribution in [3.05, 3.63) is 29.3 Å². The fourth-order valence-corrected chi connectivity index (χ4v) is 4.24.